The molecule has 1 aromatic heterocycles. The number of sulfonamides is 1. The standard InChI is InChI=1S/C21H21N3O4S2/c1-14-8-9-18(11-15(14)2)30(27,28)24-17-6-3-5-16(12-17)23-20(25)13-22-21(26)19-7-4-10-29-19/h3-12,24H,13H2,1-2H3,(H,22,26)(H,23,25). The second-order valence-electron chi connectivity index (χ2n) is 6.64. The molecule has 0 atom stereocenters. The molecule has 0 saturated carbocycles. The Morgan fingerprint density at radius 3 is 2.40 bits per heavy atom. The van der Waals surface area contributed by atoms with Crippen molar-refractivity contribution >= 4 is 44.5 Å². The minimum Gasteiger partial charge on any atom is -0.342 e. The average molecular weight is 444 g/mol. The zero-order chi connectivity index (χ0) is 21.7. The van der Waals surface area contributed by atoms with Gasteiger partial charge in [-0.2, -0.15) is 0 Å². The predicted octanol–water partition coefficient (Wildman–Crippen LogP) is 3.53. The van der Waals surface area contributed by atoms with Gasteiger partial charge in [-0.05, 0) is 66.8 Å². The molecule has 0 fully saturated rings. The number of nitrogens with one attached hydrogen (secondary N) is 3. The van der Waals surface area contributed by atoms with Gasteiger partial charge in [-0.1, -0.05) is 18.2 Å². The van der Waals surface area contributed by atoms with E-state index in [2.05, 4.69) is 15.4 Å². The number of thiophene rings is 1. The van der Waals surface area contributed by atoms with Crippen LogP contribution >= 0.6 is 11.3 Å². The van der Waals surface area contributed by atoms with Crippen molar-refractivity contribution in [3.63, 3.8) is 0 Å². The van der Waals surface area contributed by atoms with Gasteiger partial charge in [0, 0.05) is 5.69 Å². The fourth-order valence-corrected chi connectivity index (χ4v) is 4.39. The van der Waals surface area contributed by atoms with Crippen molar-refractivity contribution < 1.29 is 18.0 Å². The largest absolute Gasteiger partial charge is 0.342 e. The van der Waals surface area contributed by atoms with E-state index in [1.807, 2.05) is 13.8 Å². The van der Waals surface area contributed by atoms with Crippen molar-refractivity contribution in [2.45, 2.75) is 18.7 Å². The minimum absolute atomic E-state index is 0.163. The molecule has 3 rings (SSSR count). The fourth-order valence-electron chi connectivity index (χ4n) is 2.62. The maximum absolute atomic E-state index is 12.6. The molecule has 3 N–H and O–H groups in total. The summed E-state index contributed by atoms with van der Waals surface area (Å²) in [5.41, 5.74) is 2.60. The van der Waals surface area contributed by atoms with Crippen LogP contribution in [0.15, 0.2) is 64.9 Å². The van der Waals surface area contributed by atoms with Crippen LogP contribution in [0.1, 0.15) is 20.8 Å². The summed E-state index contributed by atoms with van der Waals surface area (Å²) in [6.07, 6.45) is 0. The molecule has 7 nitrogen and oxygen atoms in total. The van der Waals surface area contributed by atoms with E-state index in [1.165, 1.54) is 17.4 Å². The quantitative estimate of drug-likeness (QED) is 0.519. The van der Waals surface area contributed by atoms with Gasteiger partial charge in [0.25, 0.3) is 15.9 Å². The smallest absolute Gasteiger partial charge is 0.261 e. The number of benzene rings is 2. The maximum Gasteiger partial charge on any atom is 0.261 e. The third kappa shape index (κ3) is 5.46. The Kier molecular flexibility index (Phi) is 6.53. The lowest BCUT2D eigenvalue weighted by atomic mass is 10.1. The summed E-state index contributed by atoms with van der Waals surface area (Å²) >= 11 is 1.28. The molecule has 0 bridgehead atoms. The van der Waals surface area contributed by atoms with Crippen LogP contribution in [-0.2, 0) is 14.8 Å². The first kappa shape index (κ1) is 21.5. The molecule has 30 heavy (non-hydrogen) atoms. The molecule has 0 radical (unpaired) electrons. The number of rotatable bonds is 7. The van der Waals surface area contributed by atoms with Gasteiger partial charge >= 0.3 is 0 Å². The van der Waals surface area contributed by atoms with Gasteiger partial charge in [0.05, 0.1) is 22.0 Å². The molecule has 0 aliphatic carbocycles. The van der Waals surface area contributed by atoms with E-state index in [1.54, 1.807) is 53.9 Å². The van der Waals surface area contributed by atoms with Gasteiger partial charge in [-0.15, -0.1) is 11.3 Å². The van der Waals surface area contributed by atoms with E-state index < -0.39 is 15.9 Å². The number of hydrogen-bond acceptors (Lipinski definition) is 5. The molecule has 3 aromatic rings. The fraction of sp³-hybridized carbons (Fsp3) is 0.143. The lowest BCUT2D eigenvalue weighted by Gasteiger charge is -2.11. The third-order valence-electron chi connectivity index (χ3n) is 4.34. The van der Waals surface area contributed by atoms with Crippen molar-refractivity contribution in [2.75, 3.05) is 16.6 Å². The van der Waals surface area contributed by atoms with E-state index in [0.29, 0.717) is 16.3 Å². The first-order valence-electron chi connectivity index (χ1n) is 9.06. The molecule has 0 spiro atoms. The summed E-state index contributed by atoms with van der Waals surface area (Å²) in [6, 6.07) is 14.7. The van der Waals surface area contributed by atoms with E-state index in [-0.39, 0.29) is 17.3 Å². The molecule has 156 valence electrons. The van der Waals surface area contributed by atoms with Crippen molar-refractivity contribution in [1.82, 2.24) is 5.32 Å². The highest BCUT2D eigenvalue weighted by molar-refractivity contribution is 7.92. The number of aryl methyl sites for hydroxylation is 2. The number of carbonyl (C=O) groups excluding carboxylic acids is 2. The van der Waals surface area contributed by atoms with Crippen LogP contribution in [0.4, 0.5) is 11.4 Å². The molecular formula is C21H21N3O4S2. The first-order valence-corrected chi connectivity index (χ1v) is 11.4. The summed E-state index contributed by atoms with van der Waals surface area (Å²) in [6.45, 7) is 3.56. The Bertz CT molecular complexity index is 1170. The Labute approximate surface area is 179 Å². The SMILES string of the molecule is Cc1ccc(S(=O)(=O)Nc2cccc(NC(=O)CNC(=O)c3cccs3)c2)cc1C. The van der Waals surface area contributed by atoms with E-state index in [9.17, 15) is 18.0 Å². The molecule has 2 aromatic carbocycles. The zero-order valence-electron chi connectivity index (χ0n) is 16.4. The second-order valence-corrected chi connectivity index (χ2v) is 9.27. The number of carbonyl (C=O) groups is 2. The molecular weight excluding hydrogens is 422 g/mol. The Morgan fingerprint density at radius 1 is 0.933 bits per heavy atom. The number of amides is 2. The van der Waals surface area contributed by atoms with Crippen LogP contribution in [0.3, 0.4) is 0 Å². The summed E-state index contributed by atoms with van der Waals surface area (Å²) in [4.78, 5) is 24.7. The van der Waals surface area contributed by atoms with Crippen LogP contribution in [-0.4, -0.2) is 26.8 Å². The van der Waals surface area contributed by atoms with Gasteiger partial charge in [0.2, 0.25) is 5.91 Å². The molecule has 0 aliphatic heterocycles. The van der Waals surface area contributed by atoms with Crippen molar-refractivity contribution in [1.29, 1.82) is 0 Å². The average Bonchev–Trinajstić information content (AvgIpc) is 3.23. The molecule has 0 aliphatic rings. The molecule has 0 saturated heterocycles. The van der Waals surface area contributed by atoms with Gasteiger partial charge in [-0.25, -0.2) is 8.42 Å². The second kappa shape index (κ2) is 9.10. The number of hydrogen-bond donors (Lipinski definition) is 3. The predicted molar refractivity (Wildman–Crippen MR) is 118 cm³/mol. The van der Waals surface area contributed by atoms with Crippen LogP contribution < -0.4 is 15.4 Å². The van der Waals surface area contributed by atoms with Gasteiger partial charge < -0.3 is 10.6 Å². The zero-order valence-corrected chi connectivity index (χ0v) is 18.1. The van der Waals surface area contributed by atoms with Crippen molar-refractivity contribution in [2.24, 2.45) is 0 Å². The first-order chi connectivity index (χ1) is 14.2. The van der Waals surface area contributed by atoms with Crippen molar-refractivity contribution in [3.8, 4) is 0 Å². The highest BCUT2D eigenvalue weighted by Gasteiger charge is 2.15. The topological polar surface area (TPSA) is 104 Å². The van der Waals surface area contributed by atoms with Crippen LogP contribution in [0, 0.1) is 13.8 Å². The summed E-state index contributed by atoms with van der Waals surface area (Å²) in [7, 11) is -3.76. The van der Waals surface area contributed by atoms with Gasteiger partial charge in [0.1, 0.15) is 0 Å². The van der Waals surface area contributed by atoms with Gasteiger partial charge in [0.15, 0.2) is 0 Å². The Morgan fingerprint density at radius 2 is 1.70 bits per heavy atom. The minimum atomic E-state index is -3.76. The van der Waals surface area contributed by atoms with Crippen LogP contribution in [0.2, 0.25) is 0 Å². The van der Waals surface area contributed by atoms with Crippen LogP contribution in [0.25, 0.3) is 0 Å². The molecule has 2 amide bonds. The molecule has 0 unspecified atom stereocenters. The lowest BCUT2D eigenvalue weighted by Crippen LogP contribution is -2.32. The maximum atomic E-state index is 12.6. The lowest BCUT2D eigenvalue weighted by molar-refractivity contribution is -0.115. The van der Waals surface area contributed by atoms with Gasteiger partial charge in [-0.3, -0.25) is 14.3 Å². The number of anilines is 2. The van der Waals surface area contributed by atoms with E-state index in [0.717, 1.165) is 11.1 Å². The monoisotopic (exact) mass is 443 g/mol. The summed E-state index contributed by atoms with van der Waals surface area (Å²) in [5, 5.41) is 6.95. The Balaban J connectivity index is 1.63. The molecule has 9 heteroatoms. The molecule has 1 heterocycles. The highest BCUT2D eigenvalue weighted by atomic mass is 32.2. The Hall–Kier alpha value is -3.17. The highest BCUT2D eigenvalue weighted by Crippen LogP contribution is 2.21. The summed E-state index contributed by atoms with van der Waals surface area (Å²) < 4.78 is 27.8. The van der Waals surface area contributed by atoms with Crippen LogP contribution in [0.5, 0.6) is 0 Å². The van der Waals surface area contributed by atoms with E-state index in [4.69, 9.17) is 0 Å². The normalized spacial score (nSPS) is 11.0. The van der Waals surface area contributed by atoms with Crippen molar-refractivity contribution in [3.05, 3.63) is 76.0 Å². The summed E-state index contributed by atoms with van der Waals surface area (Å²) in [5.74, 6) is -0.746. The third-order valence-corrected chi connectivity index (χ3v) is 6.59. The van der Waals surface area contributed by atoms with E-state index >= 15 is 0 Å².